The number of anilines is 2. The molecule has 4 rings (SSSR count). The van der Waals surface area contributed by atoms with Crippen LogP contribution >= 0.6 is 0 Å². The monoisotopic (exact) mass is 506 g/mol. The molecule has 0 aliphatic carbocycles. The molecule has 7 nitrogen and oxygen atoms in total. The van der Waals surface area contributed by atoms with E-state index in [1.165, 1.54) is 4.31 Å². The van der Waals surface area contributed by atoms with E-state index in [2.05, 4.69) is 26.1 Å². The second-order valence-corrected chi connectivity index (χ2v) is 10.6. The van der Waals surface area contributed by atoms with Crippen LogP contribution in [0.2, 0.25) is 0 Å². The van der Waals surface area contributed by atoms with E-state index in [9.17, 15) is 18.3 Å². The first-order valence-electron chi connectivity index (χ1n) is 11.7. The van der Waals surface area contributed by atoms with Crippen LogP contribution in [0.4, 0.5) is 11.4 Å². The maximum Gasteiger partial charge on any atom is 0.287 e. The Kier molecular flexibility index (Phi) is 7.19. The quantitative estimate of drug-likeness (QED) is 0.300. The first-order chi connectivity index (χ1) is 17.1. The average Bonchev–Trinajstić information content (AvgIpc) is 3.22. The predicted octanol–water partition coefficient (Wildman–Crippen LogP) is 5.17. The summed E-state index contributed by atoms with van der Waals surface area (Å²) in [5.74, 6) is -0.362. The maximum absolute atomic E-state index is 13.0. The second-order valence-electron chi connectivity index (χ2n) is 9.76. The molecule has 0 saturated carbocycles. The Labute approximate surface area is 212 Å². The van der Waals surface area contributed by atoms with Crippen LogP contribution in [0.1, 0.15) is 43.8 Å². The van der Waals surface area contributed by atoms with E-state index < -0.39 is 22.9 Å². The molecule has 0 saturated heterocycles. The van der Waals surface area contributed by atoms with Gasteiger partial charge in [-0.15, -0.1) is 0 Å². The summed E-state index contributed by atoms with van der Waals surface area (Å²) in [6, 6.07) is 21.8. The van der Waals surface area contributed by atoms with Crippen molar-refractivity contribution in [2.24, 2.45) is 0 Å². The molecule has 3 aromatic carbocycles. The van der Waals surface area contributed by atoms with Crippen LogP contribution < -0.4 is 9.62 Å². The highest BCUT2D eigenvalue weighted by molar-refractivity contribution is 7.74. The number of benzene rings is 3. The number of aliphatic hydroxyl groups excluding tert-OH is 1. The Hall–Kier alpha value is -3.62. The largest absolute Gasteiger partial charge is 0.450 e. The van der Waals surface area contributed by atoms with Crippen molar-refractivity contribution in [3.63, 3.8) is 0 Å². The summed E-state index contributed by atoms with van der Waals surface area (Å²) in [4.78, 5) is 13.0. The minimum absolute atomic E-state index is 0.0614. The zero-order chi connectivity index (χ0) is 26.0. The van der Waals surface area contributed by atoms with Crippen molar-refractivity contribution in [2.45, 2.75) is 39.2 Å². The van der Waals surface area contributed by atoms with Gasteiger partial charge in [0.15, 0.2) is 0 Å². The number of carbonyl (C=O) groups excluding carboxylic acids is 1. The van der Waals surface area contributed by atoms with Crippen LogP contribution in [0.3, 0.4) is 0 Å². The van der Waals surface area contributed by atoms with Crippen molar-refractivity contribution in [1.29, 1.82) is 0 Å². The molecule has 8 heteroatoms. The first-order valence-corrected chi connectivity index (χ1v) is 12.8. The van der Waals surface area contributed by atoms with E-state index in [1.54, 1.807) is 37.3 Å². The van der Waals surface area contributed by atoms with Crippen molar-refractivity contribution in [3.8, 4) is 11.1 Å². The molecule has 4 aromatic rings. The Morgan fingerprint density at radius 1 is 1.00 bits per heavy atom. The summed E-state index contributed by atoms with van der Waals surface area (Å²) < 4.78 is 32.0. The van der Waals surface area contributed by atoms with E-state index >= 15 is 0 Å². The Balaban J connectivity index is 1.85. The van der Waals surface area contributed by atoms with Gasteiger partial charge in [-0.2, -0.15) is 0 Å². The number of aliphatic hydroxyl groups is 1. The van der Waals surface area contributed by atoms with Gasteiger partial charge in [0.2, 0.25) is 16.7 Å². The standard InChI is InChI=1S/C28H30N2O5S/c1-18(31)17-29-27(32)26-25(19-8-6-5-7-9-19)23-16-22(14-15-24(23)35-26)30(36(33)34)21-12-10-20(11-13-21)28(2,3)4/h5-16,18,31,36H,17H2,1-4H3,(H,29,32). The zero-order valence-electron chi connectivity index (χ0n) is 20.7. The van der Waals surface area contributed by atoms with Crippen molar-refractivity contribution < 1.29 is 22.7 Å². The molecule has 1 atom stereocenters. The molecule has 1 aromatic heterocycles. The summed E-state index contributed by atoms with van der Waals surface area (Å²) in [7, 11) is -3.00. The Morgan fingerprint density at radius 2 is 1.64 bits per heavy atom. The van der Waals surface area contributed by atoms with E-state index in [0.29, 0.717) is 27.9 Å². The van der Waals surface area contributed by atoms with Gasteiger partial charge in [0, 0.05) is 17.5 Å². The van der Waals surface area contributed by atoms with Crippen LogP contribution in [-0.2, 0) is 16.3 Å². The number of hydrogen-bond donors (Lipinski definition) is 3. The lowest BCUT2D eigenvalue weighted by Gasteiger charge is -2.22. The minimum atomic E-state index is -3.00. The molecule has 0 radical (unpaired) electrons. The van der Waals surface area contributed by atoms with Crippen molar-refractivity contribution in [3.05, 3.63) is 84.1 Å². The number of furan rings is 1. The molecule has 1 heterocycles. The highest BCUT2D eigenvalue weighted by Gasteiger charge is 2.24. The summed E-state index contributed by atoms with van der Waals surface area (Å²) in [5.41, 5.74) is 3.73. The molecule has 1 unspecified atom stereocenters. The van der Waals surface area contributed by atoms with Gasteiger partial charge < -0.3 is 14.8 Å². The number of nitrogens with one attached hydrogen (secondary N) is 1. The van der Waals surface area contributed by atoms with Gasteiger partial charge in [0.05, 0.1) is 17.5 Å². The van der Waals surface area contributed by atoms with Gasteiger partial charge in [-0.3, -0.25) is 4.79 Å². The van der Waals surface area contributed by atoms with Gasteiger partial charge in [0.25, 0.3) is 5.91 Å². The van der Waals surface area contributed by atoms with Crippen LogP contribution in [-0.4, -0.2) is 32.1 Å². The van der Waals surface area contributed by atoms with Crippen molar-refractivity contribution in [2.75, 3.05) is 10.8 Å². The van der Waals surface area contributed by atoms with E-state index in [-0.39, 0.29) is 17.7 Å². The minimum Gasteiger partial charge on any atom is -0.450 e. The first kappa shape index (κ1) is 25.5. The lowest BCUT2D eigenvalue weighted by atomic mass is 9.87. The maximum atomic E-state index is 13.0. The SMILES string of the molecule is CC(O)CNC(=O)c1oc2ccc(N(c3ccc(C(C)(C)C)cc3)[SH](=O)=O)cc2c1-c1ccccc1. The van der Waals surface area contributed by atoms with Crippen molar-refractivity contribution >= 4 is 39.1 Å². The third-order valence-electron chi connectivity index (χ3n) is 5.88. The normalized spacial score (nSPS) is 12.6. The number of amides is 1. The molecule has 0 bridgehead atoms. The van der Waals surface area contributed by atoms with E-state index in [4.69, 9.17) is 4.42 Å². The number of hydrogen-bond acceptors (Lipinski definition) is 5. The van der Waals surface area contributed by atoms with Gasteiger partial charge in [-0.1, -0.05) is 63.2 Å². The fourth-order valence-corrected chi connectivity index (χ4v) is 4.66. The van der Waals surface area contributed by atoms with Crippen molar-refractivity contribution in [1.82, 2.24) is 5.32 Å². The lowest BCUT2D eigenvalue weighted by molar-refractivity contribution is 0.0899. The summed E-state index contributed by atoms with van der Waals surface area (Å²) >= 11 is 0. The third-order valence-corrected chi connectivity index (χ3v) is 6.67. The lowest BCUT2D eigenvalue weighted by Crippen LogP contribution is -2.30. The van der Waals surface area contributed by atoms with Crippen LogP contribution in [0.25, 0.3) is 22.1 Å². The number of fused-ring (bicyclic) bond motifs is 1. The molecule has 36 heavy (non-hydrogen) atoms. The molecule has 2 N–H and O–H groups in total. The van der Waals surface area contributed by atoms with E-state index in [0.717, 1.165) is 11.1 Å². The molecular weight excluding hydrogens is 476 g/mol. The highest BCUT2D eigenvalue weighted by atomic mass is 32.2. The average molecular weight is 507 g/mol. The number of rotatable bonds is 7. The van der Waals surface area contributed by atoms with Gasteiger partial charge in [-0.05, 0) is 53.8 Å². The highest BCUT2D eigenvalue weighted by Crippen LogP contribution is 2.38. The summed E-state index contributed by atoms with van der Waals surface area (Å²) in [5, 5.41) is 12.9. The number of thiol groups is 1. The second kappa shape index (κ2) is 10.2. The molecule has 0 aliphatic rings. The van der Waals surface area contributed by atoms with E-state index in [1.807, 2.05) is 42.5 Å². The third kappa shape index (κ3) is 5.29. The molecule has 0 spiro atoms. The van der Waals surface area contributed by atoms with Gasteiger partial charge in [-0.25, -0.2) is 12.7 Å². The fraction of sp³-hybridized carbons (Fsp3) is 0.250. The predicted molar refractivity (Wildman–Crippen MR) is 143 cm³/mol. The topological polar surface area (TPSA) is 99.8 Å². The molecule has 1 amide bonds. The van der Waals surface area contributed by atoms with Gasteiger partial charge >= 0.3 is 0 Å². The Bertz CT molecular complexity index is 1440. The zero-order valence-corrected chi connectivity index (χ0v) is 21.6. The molecular formula is C28H30N2O5S. The summed E-state index contributed by atoms with van der Waals surface area (Å²) in [6.07, 6.45) is -0.711. The van der Waals surface area contributed by atoms with Crippen LogP contribution in [0, 0.1) is 0 Å². The van der Waals surface area contributed by atoms with Gasteiger partial charge in [0.1, 0.15) is 5.58 Å². The smallest absolute Gasteiger partial charge is 0.287 e. The van der Waals surface area contributed by atoms with Crippen LogP contribution in [0.15, 0.2) is 77.2 Å². The van der Waals surface area contributed by atoms with Crippen LogP contribution in [0.5, 0.6) is 0 Å². The number of carbonyl (C=O) groups is 1. The summed E-state index contributed by atoms with van der Waals surface area (Å²) in [6.45, 7) is 7.95. The molecule has 0 aliphatic heterocycles. The number of nitrogens with zero attached hydrogens (tertiary/aromatic N) is 1. The fourth-order valence-electron chi connectivity index (χ4n) is 4.03. The molecule has 188 valence electrons. The Morgan fingerprint density at radius 3 is 2.22 bits per heavy atom. The molecule has 0 fully saturated rings.